The van der Waals surface area contributed by atoms with Crippen LogP contribution < -0.4 is 14.8 Å². The van der Waals surface area contributed by atoms with Crippen molar-refractivity contribution in [2.24, 2.45) is 22.9 Å². The molecule has 0 amide bonds. The number of primary sulfonamides is 1. The van der Waals surface area contributed by atoms with Gasteiger partial charge in [-0.2, -0.15) is 0 Å². The molecule has 3 N–H and O–H groups in total. The Morgan fingerprint density at radius 3 is 2.64 bits per heavy atom. The van der Waals surface area contributed by atoms with Crippen molar-refractivity contribution in [2.75, 3.05) is 30.9 Å². The molecule has 4 atom stereocenters. The van der Waals surface area contributed by atoms with Gasteiger partial charge >= 0.3 is 5.97 Å². The Bertz CT molecular complexity index is 1430. The van der Waals surface area contributed by atoms with Crippen LogP contribution in [0.1, 0.15) is 66.4 Å². The number of aromatic carboxylic acids is 1. The molecule has 2 unspecified atom stereocenters. The predicted molar refractivity (Wildman–Crippen MR) is 165 cm³/mol. The Hall–Kier alpha value is -2.59. The molecular weight excluding hydrogens is 576 g/mol. The lowest BCUT2D eigenvalue weighted by Gasteiger charge is -2.45. The highest BCUT2D eigenvalue weighted by Crippen LogP contribution is 2.44. The van der Waals surface area contributed by atoms with Gasteiger partial charge in [-0.05, 0) is 116 Å². The minimum atomic E-state index is -3.48. The summed E-state index contributed by atoms with van der Waals surface area (Å²) in [6, 6.07) is 11.0. The van der Waals surface area contributed by atoms with E-state index in [1.165, 1.54) is 11.1 Å². The Labute approximate surface area is 253 Å². The van der Waals surface area contributed by atoms with Crippen molar-refractivity contribution in [2.45, 2.75) is 64.1 Å². The van der Waals surface area contributed by atoms with Crippen molar-refractivity contribution in [3.63, 3.8) is 0 Å². The van der Waals surface area contributed by atoms with Gasteiger partial charge in [0.25, 0.3) is 0 Å². The average molecular weight is 617 g/mol. The molecule has 0 bridgehead atoms. The van der Waals surface area contributed by atoms with Crippen LogP contribution in [0.4, 0.5) is 5.69 Å². The molecule has 0 saturated heterocycles. The molecule has 0 spiro atoms. The minimum absolute atomic E-state index is 0.0107. The molecule has 8 nitrogen and oxygen atoms in total. The fourth-order valence-corrected chi connectivity index (χ4v) is 7.98. The Kier molecular flexibility index (Phi) is 9.82. The maximum Gasteiger partial charge on any atom is 0.335 e. The SMILES string of the molecule is COC(C1=CCC(CS(N)(=O)=O)CC1)[C@@H]1CC[C@H]1CN1CCCCc2cc(Cl)ccc2COc2ccc(C(=O)O)cc21. The summed E-state index contributed by atoms with van der Waals surface area (Å²) in [5.74, 6) is 0.510. The zero-order chi connectivity index (χ0) is 29.9. The molecule has 1 heterocycles. The van der Waals surface area contributed by atoms with Gasteiger partial charge in [0.2, 0.25) is 10.0 Å². The summed E-state index contributed by atoms with van der Waals surface area (Å²) in [6.07, 6.45) is 9.43. The van der Waals surface area contributed by atoms with Gasteiger partial charge in [0.1, 0.15) is 12.4 Å². The van der Waals surface area contributed by atoms with E-state index >= 15 is 0 Å². The van der Waals surface area contributed by atoms with Crippen LogP contribution in [0.25, 0.3) is 0 Å². The third-order valence-electron chi connectivity index (χ3n) is 9.18. The molecular formula is C32H41ClN2O6S. The van der Waals surface area contributed by atoms with Crippen LogP contribution in [-0.2, 0) is 27.8 Å². The van der Waals surface area contributed by atoms with Gasteiger partial charge in [0.15, 0.2) is 0 Å². The number of carbonyl (C=O) groups is 1. The van der Waals surface area contributed by atoms with Crippen molar-refractivity contribution in [3.8, 4) is 5.75 Å². The molecule has 5 rings (SSSR count). The van der Waals surface area contributed by atoms with Gasteiger partial charge in [0.05, 0.1) is 23.1 Å². The van der Waals surface area contributed by atoms with Crippen LogP contribution in [-0.4, -0.2) is 51.5 Å². The van der Waals surface area contributed by atoms with E-state index in [0.717, 1.165) is 69.3 Å². The van der Waals surface area contributed by atoms with Gasteiger partial charge in [-0.1, -0.05) is 23.7 Å². The van der Waals surface area contributed by atoms with Crippen LogP contribution in [0.2, 0.25) is 5.02 Å². The standard InChI is InChI=1S/C32H41ClN2O6S/c1-40-31(22-7-5-21(6-8-22)20-42(34,38)39)28-13-10-25(28)18-35-15-3-2-4-23-16-27(33)12-9-26(23)19-41-30-14-11-24(32(36)37)17-29(30)35/h7,9,11-12,14,16-17,21,25,28,31H,2-6,8,10,13,15,18-20H2,1H3,(H,36,37)(H2,34,38,39)/t21?,25-,28+,31?/m0/s1. The molecule has 1 fully saturated rings. The van der Waals surface area contributed by atoms with E-state index in [4.69, 9.17) is 26.2 Å². The number of hydrogen-bond donors (Lipinski definition) is 2. The van der Waals surface area contributed by atoms with Crippen molar-refractivity contribution in [1.29, 1.82) is 0 Å². The van der Waals surface area contributed by atoms with Crippen LogP contribution >= 0.6 is 11.6 Å². The average Bonchev–Trinajstić information content (AvgIpc) is 2.96. The molecule has 0 aromatic heterocycles. The summed E-state index contributed by atoms with van der Waals surface area (Å²) in [5.41, 5.74) is 4.59. The highest BCUT2D eigenvalue weighted by Gasteiger charge is 2.40. The number of sulfonamides is 1. The van der Waals surface area contributed by atoms with Gasteiger partial charge < -0.3 is 19.5 Å². The maximum atomic E-state index is 11.9. The lowest BCUT2D eigenvalue weighted by molar-refractivity contribution is 0.00349. The molecule has 228 valence electrons. The lowest BCUT2D eigenvalue weighted by Crippen LogP contribution is -2.45. The Morgan fingerprint density at radius 2 is 1.98 bits per heavy atom. The number of allylic oxidation sites excluding steroid dienone is 1. The van der Waals surface area contributed by atoms with Gasteiger partial charge in [0, 0.05) is 25.2 Å². The number of benzene rings is 2. The van der Waals surface area contributed by atoms with Gasteiger partial charge in [-0.25, -0.2) is 18.4 Å². The monoisotopic (exact) mass is 616 g/mol. The maximum absolute atomic E-state index is 11.9. The minimum Gasteiger partial charge on any atom is -0.487 e. The van der Waals surface area contributed by atoms with Crippen LogP contribution in [0, 0.1) is 17.8 Å². The number of fused-ring (bicyclic) bond motifs is 2. The molecule has 42 heavy (non-hydrogen) atoms. The number of carboxylic acids is 1. The number of hydrogen-bond acceptors (Lipinski definition) is 6. The van der Waals surface area contributed by atoms with Gasteiger partial charge in [-0.3, -0.25) is 0 Å². The van der Waals surface area contributed by atoms with E-state index in [9.17, 15) is 18.3 Å². The van der Waals surface area contributed by atoms with Crippen LogP contribution in [0.5, 0.6) is 5.75 Å². The number of aryl methyl sites for hydroxylation is 1. The summed E-state index contributed by atoms with van der Waals surface area (Å²) in [6.45, 7) is 1.95. The second kappa shape index (κ2) is 13.4. The predicted octanol–water partition coefficient (Wildman–Crippen LogP) is 5.82. The van der Waals surface area contributed by atoms with E-state index in [1.807, 2.05) is 18.2 Å². The van der Waals surface area contributed by atoms with Gasteiger partial charge in [-0.15, -0.1) is 0 Å². The molecule has 2 aromatic rings. The Balaban J connectivity index is 1.36. The molecule has 2 aromatic carbocycles. The second-order valence-electron chi connectivity index (χ2n) is 12.0. The number of methoxy groups -OCH3 is 1. The van der Waals surface area contributed by atoms with Crippen molar-refractivity contribution in [1.82, 2.24) is 0 Å². The van der Waals surface area contributed by atoms with E-state index in [-0.39, 0.29) is 23.3 Å². The summed E-state index contributed by atoms with van der Waals surface area (Å²) in [4.78, 5) is 14.2. The van der Waals surface area contributed by atoms with Crippen molar-refractivity contribution in [3.05, 3.63) is 69.8 Å². The topological polar surface area (TPSA) is 119 Å². The first-order chi connectivity index (χ1) is 20.1. The molecule has 10 heteroatoms. The van der Waals surface area contributed by atoms with E-state index in [1.54, 1.807) is 25.3 Å². The molecule has 2 aliphatic carbocycles. The molecule has 1 saturated carbocycles. The quantitative estimate of drug-likeness (QED) is 0.359. The first-order valence-electron chi connectivity index (χ1n) is 14.9. The largest absolute Gasteiger partial charge is 0.487 e. The molecule has 1 aliphatic heterocycles. The van der Waals surface area contributed by atoms with E-state index in [0.29, 0.717) is 35.6 Å². The zero-order valence-corrected chi connectivity index (χ0v) is 25.7. The summed E-state index contributed by atoms with van der Waals surface area (Å²) in [5, 5.41) is 15.8. The zero-order valence-electron chi connectivity index (χ0n) is 24.1. The summed E-state index contributed by atoms with van der Waals surface area (Å²) < 4.78 is 35.6. The van der Waals surface area contributed by atoms with Crippen molar-refractivity contribution >= 4 is 33.3 Å². The number of nitrogens with two attached hydrogens (primary N) is 1. The number of anilines is 1. The third kappa shape index (κ3) is 7.48. The smallest absolute Gasteiger partial charge is 0.335 e. The Morgan fingerprint density at radius 1 is 1.14 bits per heavy atom. The van der Waals surface area contributed by atoms with E-state index in [2.05, 4.69) is 11.0 Å². The number of carboxylic acid groups (broad SMARTS) is 1. The van der Waals surface area contributed by atoms with Crippen LogP contribution in [0.15, 0.2) is 48.0 Å². The first kappa shape index (κ1) is 30.9. The van der Waals surface area contributed by atoms with Crippen LogP contribution in [0.3, 0.4) is 0 Å². The highest BCUT2D eigenvalue weighted by molar-refractivity contribution is 7.89. The third-order valence-corrected chi connectivity index (χ3v) is 10.4. The first-order valence-corrected chi connectivity index (χ1v) is 16.9. The van der Waals surface area contributed by atoms with Crippen molar-refractivity contribution < 1.29 is 27.8 Å². The summed E-state index contributed by atoms with van der Waals surface area (Å²) >= 11 is 6.30. The number of rotatable bonds is 8. The second-order valence-corrected chi connectivity index (χ2v) is 14.1. The molecule has 0 radical (unpaired) electrons. The number of halogens is 1. The fourth-order valence-electron chi connectivity index (χ4n) is 6.82. The molecule has 3 aliphatic rings. The fraction of sp³-hybridized carbons (Fsp3) is 0.531. The lowest BCUT2D eigenvalue weighted by atomic mass is 9.67. The summed E-state index contributed by atoms with van der Waals surface area (Å²) in [7, 11) is -1.72. The number of ether oxygens (including phenoxy) is 2. The normalized spacial score (nSPS) is 23.7. The highest BCUT2D eigenvalue weighted by atomic mass is 35.5. The number of nitrogens with zero attached hydrogens (tertiary/aromatic N) is 1. The van der Waals surface area contributed by atoms with E-state index < -0.39 is 16.0 Å².